The fraction of sp³-hybridized carbons (Fsp3) is 0.400. The molecule has 7 heteroatoms. The summed E-state index contributed by atoms with van der Waals surface area (Å²) in [4.78, 5) is 21.8. The molecule has 6 nitrogen and oxygen atoms in total. The van der Waals surface area contributed by atoms with Crippen molar-refractivity contribution in [2.24, 2.45) is 0 Å². The van der Waals surface area contributed by atoms with Gasteiger partial charge in [0.25, 0.3) is 5.69 Å². The average molecular weight is 369 g/mol. The van der Waals surface area contributed by atoms with Gasteiger partial charge in [0.05, 0.1) is 4.92 Å². The molecule has 0 atom stereocenters. The zero-order chi connectivity index (χ0) is 16.8. The van der Waals surface area contributed by atoms with Crippen LogP contribution in [0.3, 0.4) is 0 Å². The van der Waals surface area contributed by atoms with Crippen molar-refractivity contribution < 1.29 is 14.5 Å². The number of nitro groups is 1. The fourth-order valence-electron chi connectivity index (χ4n) is 1.46. The molecule has 0 fully saturated rings. The van der Waals surface area contributed by atoms with Gasteiger partial charge in [-0.1, -0.05) is 27.8 Å². The zero-order valence-corrected chi connectivity index (χ0v) is 14.2. The van der Waals surface area contributed by atoms with Crippen molar-refractivity contribution >= 4 is 27.7 Å². The molecular formula is C15H17BrN2O4. The molecule has 0 aliphatic carbocycles. The van der Waals surface area contributed by atoms with Gasteiger partial charge in [-0.15, -0.1) is 0 Å². The highest BCUT2D eigenvalue weighted by Gasteiger charge is 2.15. The lowest BCUT2D eigenvalue weighted by atomic mass is 10.2. The van der Waals surface area contributed by atoms with Crippen LogP contribution < -0.4 is 5.32 Å². The van der Waals surface area contributed by atoms with E-state index >= 15 is 0 Å². The summed E-state index contributed by atoms with van der Waals surface area (Å²) in [6.45, 7) is 5.64. The van der Waals surface area contributed by atoms with Crippen LogP contribution in [-0.2, 0) is 4.74 Å². The highest BCUT2D eigenvalue weighted by Crippen LogP contribution is 2.22. The molecule has 0 unspecified atom stereocenters. The zero-order valence-electron chi connectivity index (χ0n) is 12.6. The molecule has 1 rings (SSSR count). The van der Waals surface area contributed by atoms with E-state index in [0.29, 0.717) is 23.0 Å². The Morgan fingerprint density at radius 1 is 1.45 bits per heavy atom. The highest BCUT2D eigenvalue weighted by atomic mass is 79.9. The molecule has 1 aromatic rings. The van der Waals surface area contributed by atoms with Crippen LogP contribution >= 0.6 is 15.9 Å². The largest absolute Gasteiger partial charge is 0.444 e. The Bertz CT molecular complexity index is 627. The number of hydrogen-bond acceptors (Lipinski definition) is 4. The van der Waals surface area contributed by atoms with E-state index in [0.717, 1.165) is 0 Å². The summed E-state index contributed by atoms with van der Waals surface area (Å²) in [5, 5.41) is 13.5. The number of nitrogens with zero attached hydrogens (tertiary/aromatic N) is 1. The van der Waals surface area contributed by atoms with Gasteiger partial charge in [-0.05, 0) is 32.9 Å². The van der Waals surface area contributed by atoms with Crippen LogP contribution in [0.15, 0.2) is 22.7 Å². The third kappa shape index (κ3) is 6.59. The maximum atomic E-state index is 11.4. The fourth-order valence-corrected chi connectivity index (χ4v) is 1.81. The van der Waals surface area contributed by atoms with Crippen LogP contribution in [0.5, 0.6) is 0 Å². The van der Waals surface area contributed by atoms with Gasteiger partial charge in [-0.25, -0.2) is 4.79 Å². The van der Waals surface area contributed by atoms with Crippen LogP contribution in [0.1, 0.15) is 32.8 Å². The predicted octanol–water partition coefficient (Wildman–Crippen LogP) is 3.62. The second-order valence-corrected chi connectivity index (χ2v) is 6.31. The number of nitrogens with one attached hydrogen (secondary N) is 1. The van der Waals surface area contributed by atoms with Crippen LogP contribution in [0.25, 0.3) is 0 Å². The molecule has 0 bridgehead atoms. The van der Waals surface area contributed by atoms with Gasteiger partial charge < -0.3 is 10.1 Å². The van der Waals surface area contributed by atoms with Crippen LogP contribution in [0, 0.1) is 22.0 Å². The SMILES string of the molecule is CC(C)(C)OC(=O)NCCC#Cc1ccc(Br)cc1[N+](=O)[O-]. The van der Waals surface area contributed by atoms with Crippen molar-refractivity contribution in [3.8, 4) is 11.8 Å². The number of benzene rings is 1. The Kier molecular flexibility index (Phi) is 6.38. The van der Waals surface area contributed by atoms with Crippen molar-refractivity contribution in [2.45, 2.75) is 32.8 Å². The second-order valence-electron chi connectivity index (χ2n) is 5.40. The lowest BCUT2D eigenvalue weighted by Crippen LogP contribution is -2.32. The topological polar surface area (TPSA) is 81.5 Å². The quantitative estimate of drug-likeness (QED) is 0.382. The molecule has 118 valence electrons. The molecule has 0 saturated carbocycles. The third-order valence-corrected chi connectivity index (χ3v) is 2.79. The van der Waals surface area contributed by atoms with E-state index in [9.17, 15) is 14.9 Å². The van der Waals surface area contributed by atoms with Crippen molar-refractivity contribution in [1.29, 1.82) is 0 Å². The molecule has 1 N–H and O–H groups in total. The van der Waals surface area contributed by atoms with E-state index in [4.69, 9.17) is 4.74 Å². The first-order valence-corrected chi connectivity index (χ1v) is 7.38. The van der Waals surface area contributed by atoms with Gasteiger partial charge in [-0.2, -0.15) is 0 Å². The minimum atomic E-state index is -0.548. The first-order chi connectivity index (χ1) is 10.2. The van der Waals surface area contributed by atoms with E-state index < -0.39 is 16.6 Å². The summed E-state index contributed by atoms with van der Waals surface area (Å²) in [6.07, 6.45) is -0.143. The smallest absolute Gasteiger partial charge is 0.407 e. The molecule has 0 spiro atoms. The minimum absolute atomic E-state index is 0.0537. The first-order valence-electron chi connectivity index (χ1n) is 6.59. The molecule has 0 radical (unpaired) electrons. The Balaban J connectivity index is 2.55. The monoisotopic (exact) mass is 368 g/mol. The van der Waals surface area contributed by atoms with E-state index in [1.165, 1.54) is 6.07 Å². The summed E-state index contributed by atoms with van der Waals surface area (Å²) in [7, 11) is 0. The molecule has 0 aliphatic heterocycles. The van der Waals surface area contributed by atoms with Crippen LogP contribution in [-0.4, -0.2) is 23.2 Å². The summed E-state index contributed by atoms with van der Waals surface area (Å²) in [5.41, 5.74) is -0.263. The van der Waals surface area contributed by atoms with Gasteiger partial charge in [0.1, 0.15) is 11.2 Å². The van der Waals surface area contributed by atoms with Crippen molar-refractivity contribution in [2.75, 3.05) is 6.54 Å². The summed E-state index contributed by atoms with van der Waals surface area (Å²) in [5.74, 6) is 5.53. The lowest BCUT2D eigenvalue weighted by molar-refractivity contribution is -0.385. The van der Waals surface area contributed by atoms with Crippen molar-refractivity contribution in [1.82, 2.24) is 5.32 Å². The molecule has 22 heavy (non-hydrogen) atoms. The maximum Gasteiger partial charge on any atom is 0.407 e. The first kappa shape index (κ1) is 18.0. The summed E-state index contributed by atoms with van der Waals surface area (Å²) in [6, 6.07) is 4.68. The third-order valence-electron chi connectivity index (χ3n) is 2.30. The molecule has 0 aliphatic rings. The number of alkyl carbamates (subject to hydrolysis) is 1. The molecule has 1 aromatic carbocycles. The van der Waals surface area contributed by atoms with Crippen LogP contribution in [0.4, 0.5) is 10.5 Å². The number of ether oxygens (including phenoxy) is 1. The Morgan fingerprint density at radius 2 is 2.14 bits per heavy atom. The Hall–Kier alpha value is -2.07. The Morgan fingerprint density at radius 3 is 2.73 bits per heavy atom. The van der Waals surface area contributed by atoms with E-state index in [1.807, 2.05) is 0 Å². The maximum absolute atomic E-state index is 11.4. The normalized spacial score (nSPS) is 10.4. The number of hydrogen-bond donors (Lipinski definition) is 1. The molecular weight excluding hydrogens is 352 g/mol. The van der Waals surface area contributed by atoms with Crippen LogP contribution in [0.2, 0.25) is 0 Å². The number of carbonyl (C=O) groups excluding carboxylic acids is 1. The predicted molar refractivity (Wildman–Crippen MR) is 86.5 cm³/mol. The van der Waals surface area contributed by atoms with Gasteiger partial charge >= 0.3 is 6.09 Å². The van der Waals surface area contributed by atoms with Gasteiger partial charge in [0.2, 0.25) is 0 Å². The number of rotatable bonds is 3. The molecule has 0 aromatic heterocycles. The summed E-state index contributed by atoms with van der Waals surface area (Å²) >= 11 is 3.18. The number of nitro benzene ring substituents is 1. The van der Waals surface area contributed by atoms with Crippen molar-refractivity contribution in [3.63, 3.8) is 0 Å². The highest BCUT2D eigenvalue weighted by molar-refractivity contribution is 9.10. The van der Waals surface area contributed by atoms with E-state index in [2.05, 4.69) is 33.1 Å². The van der Waals surface area contributed by atoms with Gasteiger partial charge in [0.15, 0.2) is 0 Å². The second kappa shape index (κ2) is 7.80. The molecule has 1 amide bonds. The average Bonchev–Trinajstić information content (AvgIpc) is 2.37. The molecule has 0 saturated heterocycles. The van der Waals surface area contributed by atoms with Crippen molar-refractivity contribution in [3.05, 3.63) is 38.3 Å². The minimum Gasteiger partial charge on any atom is -0.444 e. The standard InChI is InChI=1S/C15H17BrN2O4/c1-15(2,3)22-14(19)17-9-5-4-6-11-7-8-12(16)10-13(11)18(20)21/h7-8,10H,5,9H2,1-3H3,(H,17,19). The van der Waals surface area contributed by atoms with E-state index in [1.54, 1.807) is 32.9 Å². The number of carbonyl (C=O) groups is 1. The lowest BCUT2D eigenvalue weighted by Gasteiger charge is -2.19. The molecule has 0 heterocycles. The number of halogens is 1. The van der Waals surface area contributed by atoms with Gasteiger partial charge in [0, 0.05) is 23.5 Å². The number of amides is 1. The Labute approximate surface area is 137 Å². The van der Waals surface area contributed by atoms with Gasteiger partial charge in [-0.3, -0.25) is 10.1 Å². The van der Waals surface area contributed by atoms with E-state index in [-0.39, 0.29) is 5.69 Å². The summed E-state index contributed by atoms with van der Waals surface area (Å²) < 4.78 is 5.70.